The van der Waals surface area contributed by atoms with Gasteiger partial charge in [0.15, 0.2) is 0 Å². The van der Waals surface area contributed by atoms with Crippen molar-refractivity contribution in [3.8, 4) is 38.7 Å². The molecule has 7 aromatic rings. The highest BCUT2D eigenvalue weighted by Gasteiger charge is 2.46. The highest BCUT2D eigenvalue weighted by atomic mass is 32.1. The van der Waals surface area contributed by atoms with Crippen molar-refractivity contribution in [2.24, 2.45) is 17.8 Å². The van der Waals surface area contributed by atoms with Crippen LogP contribution in [-0.4, -0.2) is 66.4 Å². The molecule has 5 aromatic heterocycles. The van der Waals surface area contributed by atoms with Crippen molar-refractivity contribution in [3.05, 3.63) is 112 Å². The molecular weight excluding hydrogens is 831 g/mol. The molecule has 1 aliphatic carbocycles. The summed E-state index contributed by atoms with van der Waals surface area (Å²) in [4.78, 5) is 43.2. The molecule has 1 aliphatic heterocycles. The number of amides is 1. The Morgan fingerprint density at radius 2 is 1.65 bits per heavy atom. The lowest BCUT2D eigenvalue weighted by Crippen LogP contribution is -2.38. The maximum absolute atomic E-state index is 14.4. The third-order valence-corrected chi connectivity index (χ3v) is 15.0. The topological polar surface area (TPSA) is 167 Å². The average molecular weight is 882 g/mol. The van der Waals surface area contributed by atoms with Gasteiger partial charge in [0.25, 0.3) is 0 Å². The number of para-hydroxylation sites is 1. The number of aliphatic hydroxyl groups excluding tert-OH is 1. The maximum atomic E-state index is 14.4. The number of aliphatic hydroxyl groups is 1. The van der Waals surface area contributed by atoms with E-state index in [9.17, 15) is 19.8 Å². The van der Waals surface area contributed by atoms with Crippen LogP contribution in [0.2, 0.25) is 0 Å². The quantitative estimate of drug-likeness (QED) is 0.107. The number of nitrogens with one attached hydrogen (secondary N) is 1. The van der Waals surface area contributed by atoms with E-state index in [0.717, 1.165) is 74.8 Å². The minimum Gasteiger partial charge on any atom is -0.507 e. The number of aryl methyl sites for hydroxylation is 2. The van der Waals surface area contributed by atoms with E-state index in [-0.39, 0.29) is 42.2 Å². The molecular formula is C49H51N7O5S2. The summed E-state index contributed by atoms with van der Waals surface area (Å²) in [6.45, 7) is 11.7. The maximum Gasteiger partial charge on any atom is 0.224 e. The average Bonchev–Trinajstić information content (AvgIpc) is 4.11. The minimum atomic E-state index is -0.750. The zero-order valence-electron chi connectivity index (χ0n) is 36.0. The molecule has 1 amide bonds. The van der Waals surface area contributed by atoms with E-state index in [1.54, 1.807) is 34.8 Å². The third-order valence-electron chi connectivity index (χ3n) is 12.8. The van der Waals surface area contributed by atoms with Crippen LogP contribution in [0.15, 0.2) is 89.0 Å². The lowest BCUT2D eigenvalue weighted by atomic mass is 9.78. The number of phenolic OH excluding ortho intramolecular Hbond substituents is 1. The van der Waals surface area contributed by atoms with Gasteiger partial charge in [0.1, 0.15) is 33.6 Å². The summed E-state index contributed by atoms with van der Waals surface area (Å²) in [7, 11) is 0. The predicted molar refractivity (Wildman–Crippen MR) is 247 cm³/mol. The van der Waals surface area contributed by atoms with Crippen LogP contribution in [0, 0.1) is 31.6 Å². The fourth-order valence-corrected chi connectivity index (χ4v) is 11.4. The molecule has 6 heterocycles. The lowest BCUT2D eigenvalue weighted by Gasteiger charge is -2.33. The van der Waals surface area contributed by atoms with E-state index >= 15 is 0 Å². The molecule has 12 nitrogen and oxygen atoms in total. The Hall–Kier alpha value is -5.83. The standard InChI is InChI=1S/C49H51N7O5S2/c1-26(2)44(45(59)37-21-35(57)22-38(37)48(60)52-28(4)30-10-12-32(13-11-30)46-29(5)51-25-62-46)42-23-39(55-61-42)34-18-27(3)47(50-24-34)56-16-14-31(15-17-56)43-20-33-19-40(53-54-49(33)63-43)36-8-6-7-9-41(36)58/h6-13,18-20,23-26,28,31,35,37-38,44,57-58H,14-17,21-22H2,1-5H3,(H,52,60)/t28-,35-,37?,38+,44?/m0/s1. The van der Waals surface area contributed by atoms with Gasteiger partial charge < -0.3 is 25.0 Å². The highest BCUT2D eigenvalue weighted by molar-refractivity contribution is 7.18. The normalized spacial score (nSPS) is 19.2. The summed E-state index contributed by atoms with van der Waals surface area (Å²) >= 11 is 3.29. The van der Waals surface area contributed by atoms with E-state index in [1.807, 2.05) is 87.9 Å². The Morgan fingerprint density at radius 3 is 2.37 bits per heavy atom. The van der Waals surface area contributed by atoms with Gasteiger partial charge in [0, 0.05) is 52.7 Å². The summed E-state index contributed by atoms with van der Waals surface area (Å²) in [5.41, 5.74) is 8.59. The summed E-state index contributed by atoms with van der Waals surface area (Å²) in [5, 5.41) is 38.6. The number of hydrogen-bond acceptors (Lipinski definition) is 13. The largest absolute Gasteiger partial charge is 0.507 e. The van der Waals surface area contributed by atoms with Gasteiger partial charge in [-0.15, -0.1) is 32.9 Å². The number of ketones is 1. The number of pyridine rings is 1. The van der Waals surface area contributed by atoms with Crippen molar-refractivity contribution >= 4 is 50.4 Å². The van der Waals surface area contributed by atoms with Crippen LogP contribution in [0.1, 0.15) is 91.8 Å². The molecule has 14 heteroatoms. The summed E-state index contributed by atoms with van der Waals surface area (Å²) in [6, 6.07) is 23.1. The molecule has 324 valence electrons. The number of carbonyl (C=O) groups is 2. The molecule has 1 saturated carbocycles. The molecule has 5 atom stereocenters. The number of Topliss-reactive ketones (excluding diaryl/α,β-unsaturated/α-hetero) is 1. The van der Waals surface area contributed by atoms with Gasteiger partial charge in [-0.25, -0.2) is 9.97 Å². The fourth-order valence-electron chi connectivity index (χ4n) is 9.43. The van der Waals surface area contributed by atoms with Gasteiger partial charge in [-0.3, -0.25) is 9.59 Å². The van der Waals surface area contributed by atoms with Crippen molar-refractivity contribution in [2.45, 2.75) is 84.3 Å². The van der Waals surface area contributed by atoms with Gasteiger partial charge in [-0.1, -0.05) is 55.4 Å². The van der Waals surface area contributed by atoms with Crippen molar-refractivity contribution in [3.63, 3.8) is 0 Å². The van der Waals surface area contributed by atoms with Crippen LogP contribution in [-0.2, 0) is 9.59 Å². The van der Waals surface area contributed by atoms with Crippen molar-refractivity contribution in [2.75, 3.05) is 18.0 Å². The van der Waals surface area contributed by atoms with Gasteiger partial charge in [-0.2, -0.15) is 0 Å². The molecule has 63 heavy (non-hydrogen) atoms. The summed E-state index contributed by atoms with van der Waals surface area (Å²) in [6.07, 6.45) is 3.48. The second-order valence-electron chi connectivity index (χ2n) is 17.5. The number of phenols is 1. The number of thiophene rings is 1. The number of fused-ring (bicyclic) bond motifs is 1. The van der Waals surface area contributed by atoms with E-state index in [4.69, 9.17) is 9.51 Å². The summed E-state index contributed by atoms with van der Waals surface area (Å²) in [5.74, 6) is -0.468. The second kappa shape index (κ2) is 17.7. The number of aromatic nitrogens is 5. The van der Waals surface area contributed by atoms with E-state index < -0.39 is 23.9 Å². The number of aromatic hydroxyl groups is 1. The first-order chi connectivity index (χ1) is 30.4. The number of carbonyl (C=O) groups excluding carboxylic acids is 2. The van der Waals surface area contributed by atoms with Crippen LogP contribution in [0.4, 0.5) is 5.82 Å². The number of benzene rings is 2. The zero-order valence-corrected chi connectivity index (χ0v) is 37.6. The Labute approximate surface area is 374 Å². The molecule has 2 aromatic carbocycles. The molecule has 1 saturated heterocycles. The monoisotopic (exact) mass is 881 g/mol. The van der Waals surface area contributed by atoms with Gasteiger partial charge in [-0.05, 0) is 105 Å². The number of piperidine rings is 1. The van der Waals surface area contributed by atoms with E-state index in [2.05, 4.69) is 49.6 Å². The molecule has 0 spiro atoms. The Kier molecular flexibility index (Phi) is 12.0. The molecule has 2 fully saturated rings. The molecule has 0 bridgehead atoms. The Morgan fingerprint density at radius 1 is 0.889 bits per heavy atom. The number of thiazole rings is 1. The van der Waals surface area contributed by atoms with E-state index in [0.29, 0.717) is 28.6 Å². The molecule has 3 N–H and O–H groups in total. The van der Waals surface area contributed by atoms with Crippen LogP contribution < -0.4 is 10.2 Å². The molecule has 2 aliphatic rings. The van der Waals surface area contributed by atoms with Gasteiger partial charge in [0.05, 0.1) is 45.8 Å². The van der Waals surface area contributed by atoms with Crippen LogP contribution in [0.5, 0.6) is 5.75 Å². The minimum absolute atomic E-state index is 0.116. The van der Waals surface area contributed by atoms with Gasteiger partial charge in [0.2, 0.25) is 5.91 Å². The molecule has 0 radical (unpaired) electrons. The lowest BCUT2D eigenvalue weighted by molar-refractivity contribution is -0.134. The van der Waals surface area contributed by atoms with Crippen molar-refractivity contribution < 1.29 is 24.3 Å². The highest BCUT2D eigenvalue weighted by Crippen LogP contribution is 2.42. The fraction of sp³-hybridized carbons (Fsp3) is 0.367. The summed E-state index contributed by atoms with van der Waals surface area (Å²) < 4.78 is 5.91. The second-order valence-corrected chi connectivity index (χ2v) is 19.4. The van der Waals surface area contributed by atoms with E-state index in [1.165, 1.54) is 4.88 Å². The number of rotatable bonds is 12. The third kappa shape index (κ3) is 8.63. The predicted octanol–water partition coefficient (Wildman–Crippen LogP) is 9.81. The van der Waals surface area contributed by atoms with Crippen molar-refractivity contribution in [1.82, 2.24) is 30.6 Å². The van der Waals surface area contributed by atoms with Crippen molar-refractivity contribution in [1.29, 1.82) is 0 Å². The Balaban J connectivity index is 0.840. The Bertz CT molecular complexity index is 2770. The molecule has 2 unspecified atom stereocenters. The van der Waals surface area contributed by atoms with Gasteiger partial charge >= 0.3 is 0 Å². The van der Waals surface area contributed by atoms with Crippen LogP contribution >= 0.6 is 22.7 Å². The SMILES string of the molecule is Cc1cc(-c2cc(C(C(=O)C3C[C@H](O)C[C@H]3C(=O)N[C@@H](C)c3ccc(-c4scnc4C)cc3)C(C)C)on2)cnc1N1CCC(c2cc3cc(-c4ccccc4O)nnc3s2)CC1. The zero-order chi connectivity index (χ0) is 43.9. The first kappa shape index (κ1) is 42.5. The number of anilines is 1. The number of hydrogen-bond donors (Lipinski definition) is 3. The van der Waals surface area contributed by atoms with Crippen LogP contribution in [0.3, 0.4) is 0 Å². The number of nitrogens with zero attached hydrogens (tertiary/aromatic N) is 6. The first-order valence-electron chi connectivity index (χ1n) is 21.7. The first-order valence-corrected chi connectivity index (χ1v) is 23.4. The molecule has 9 rings (SSSR count). The smallest absolute Gasteiger partial charge is 0.224 e. The van der Waals surface area contributed by atoms with Crippen LogP contribution in [0.25, 0.3) is 43.2 Å².